The first-order chi connectivity index (χ1) is 13.4. The zero-order valence-electron chi connectivity index (χ0n) is 15.3. The zero-order chi connectivity index (χ0) is 19.8. The van der Waals surface area contributed by atoms with Gasteiger partial charge in [0.1, 0.15) is 6.61 Å². The van der Waals surface area contributed by atoms with Crippen molar-refractivity contribution in [1.29, 1.82) is 5.26 Å². The first kappa shape index (κ1) is 18.4. The van der Waals surface area contributed by atoms with Gasteiger partial charge in [-0.3, -0.25) is 0 Å². The topological polar surface area (TPSA) is 53.3 Å². The predicted molar refractivity (Wildman–Crippen MR) is 98.5 cm³/mol. The molecule has 2 aliphatic rings. The number of alkyl halides is 2. The minimum atomic E-state index is -2.67. The van der Waals surface area contributed by atoms with Crippen LogP contribution in [-0.4, -0.2) is 23.5 Å². The molecule has 0 bridgehead atoms. The molecule has 1 saturated carbocycles. The van der Waals surface area contributed by atoms with Crippen LogP contribution in [0.15, 0.2) is 54.6 Å². The van der Waals surface area contributed by atoms with E-state index in [0.29, 0.717) is 5.56 Å². The van der Waals surface area contributed by atoms with Gasteiger partial charge in [0.15, 0.2) is 0 Å². The molecule has 144 valence electrons. The van der Waals surface area contributed by atoms with Crippen LogP contribution in [0.3, 0.4) is 0 Å². The van der Waals surface area contributed by atoms with Crippen molar-refractivity contribution in [2.75, 3.05) is 6.54 Å². The summed E-state index contributed by atoms with van der Waals surface area (Å²) in [5.74, 6) is -2.67. The molecule has 2 fully saturated rings. The van der Waals surface area contributed by atoms with Gasteiger partial charge in [0, 0.05) is 18.4 Å². The number of hydrogen-bond acceptors (Lipinski definition) is 3. The van der Waals surface area contributed by atoms with Crippen LogP contribution in [0.5, 0.6) is 0 Å². The Kier molecular flexibility index (Phi) is 4.54. The summed E-state index contributed by atoms with van der Waals surface area (Å²) in [5.41, 5.74) is 1.08. The van der Waals surface area contributed by atoms with Crippen LogP contribution in [-0.2, 0) is 11.3 Å². The summed E-state index contributed by atoms with van der Waals surface area (Å²) in [5, 5.41) is 8.99. The fourth-order valence-corrected chi connectivity index (χ4v) is 4.04. The highest BCUT2D eigenvalue weighted by molar-refractivity contribution is 5.68. The highest BCUT2D eigenvalue weighted by Crippen LogP contribution is 2.68. The van der Waals surface area contributed by atoms with Crippen molar-refractivity contribution in [2.24, 2.45) is 5.41 Å². The maximum atomic E-state index is 14.0. The molecule has 2 unspecified atom stereocenters. The van der Waals surface area contributed by atoms with Crippen LogP contribution >= 0.6 is 0 Å². The van der Waals surface area contributed by atoms with E-state index in [2.05, 4.69) is 0 Å². The molecule has 1 aliphatic heterocycles. The maximum Gasteiger partial charge on any atom is 0.410 e. The van der Waals surface area contributed by atoms with Gasteiger partial charge in [-0.25, -0.2) is 13.6 Å². The minimum absolute atomic E-state index is 0.125. The van der Waals surface area contributed by atoms with E-state index in [1.807, 2.05) is 36.4 Å². The van der Waals surface area contributed by atoms with Crippen LogP contribution < -0.4 is 0 Å². The van der Waals surface area contributed by atoms with Gasteiger partial charge >= 0.3 is 6.09 Å². The van der Waals surface area contributed by atoms with Crippen molar-refractivity contribution in [3.05, 3.63) is 71.3 Å². The molecule has 0 N–H and O–H groups in total. The molecular weight excluding hydrogens is 362 g/mol. The smallest absolute Gasteiger partial charge is 0.410 e. The van der Waals surface area contributed by atoms with Crippen molar-refractivity contribution in [3.63, 3.8) is 0 Å². The monoisotopic (exact) mass is 382 g/mol. The van der Waals surface area contributed by atoms with E-state index in [-0.39, 0.29) is 32.4 Å². The number of piperidine rings is 1. The van der Waals surface area contributed by atoms with Gasteiger partial charge in [0.05, 0.1) is 17.7 Å². The van der Waals surface area contributed by atoms with Crippen LogP contribution in [0.25, 0.3) is 0 Å². The number of amides is 1. The molecule has 1 heterocycles. The predicted octanol–water partition coefficient (Wildman–Crippen LogP) is 5.06. The van der Waals surface area contributed by atoms with E-state index in [9.17, 15) is 13.6 Å². The average molecular weight is 382 g/mol. The second-order valence-corrected chi connectivity index (χ2v) is 7.60. The van der Waals surface area contributed by atoms with E-state index in [0.717, 1.165) is 11.1 Å². The first-order valence-corrected chi connectivity index (χ1v) is 9.29. The number of ether oxygens (including phenoxy) is 1. The van der Waals surface area contributed by atoms with E-state index >= 15 is 0 Å². The molecule has 4 rings (SSSR count). The number of hydrogen-bond donors (Lipinski definition) is 0. The number of likely N-dealkylation sites (tertiary alicyclic amines) is 1. The lowest BCUT2D eigenvalue weighted by Gasteiger charge is -2.39. The molecule has 6 heteroatoms. The third kappa shape index (κ3) is 3.33. The fraction of sp³-hybridized carbons (Fsp3) is 0.364. The largest absolute Gasteiger partial charge is 0.445 e. The summed E-state index contributed by atoms with van der Waals surface area (Å²) >= 11 is 0. The van der Waals surface area contributed by atoms with Gasteiger partial charge in [-0.15, -0.1) is 0 Å². The SMILES string of the molecule is N#Cc1ccc(C2CC3(CCN2C(=O)OCc2ccccc2)CC3(F)F)cc1. The first-order valence-electron chi connectivity index (χ1n) is 9.29. The summed E-state index contributed by atoms with van der Waals surface area (Å²) in [6.45, 7) is 0.367. The Morgan fingerprint density at radius 3 is 2.46 bits per heavy atom. The summed E-state index contributed by atoms with van der Waals surface area (Å²) < 4.78 is 33.5. The number of nitrogens with zero attached hydrogens (tertiary/aromatic N) is 2. The molecule has 2 aromatic rings. The lowest BCUT2D eigenvalue weighted by atomic mass is 9.84. The highest BCUT2D eigenvalue weighted by atomic mass is 19.3. The Morgan fingerprint density at radius 1 is 1.18 bits per heavy atom. The van der Waals surface area contributed by atoms with Gasteiger partial charge < -0.3 is 9.64 Å². The molecule has 4 nitrogen and oxygen atoms in total. The van der Waals surface area contributed by atoms with Crippen LogP contribution in [0.4, 0.5) is 13.6 Å². The summed E-state index contributed by atoms with van der Waals surface area (Å²) in [4.78, 5) is 14.3. The number of nitriles is 1. The van der Waals surface area contributed by atoms with Crippen molar-refractivity contribution in [3.8, 4) is 6.07 Å². The Morgan fingerprint density at radius 2 is 1.86 bits per heavy atom. The van der Waals surface area contributed by atoms with Crippen molar-refractivity contribution < 1.29 is 18.3 Å². The Balaban J connectivity index is 1.53. The van der Waals surface area contributed by atoms with E-state index in [4.69, 9.17) is 10.00 Å². The lowest BCUT2D eigenvalue weighted by molar-refractivity contribution is 0.00420. The second kappa shape index (κ2) is 6.90. The number of halogens is 2. The zero-order valence-corrected chi connectivity index (χ0v) is 15.3. The van der Waals surface area contributed by atoms with Crippen molar-refractivity contribution in [1.82, 2.24) is 4.90 Å². The number of carbonyl (C=O) groups is 1. The summed E-state index contributed by atoms with van der Waals surface area (Å²) in [6, 6.07) is 17.7. The van der Waals surface area contributed by atoms with Crippen molar-refractivity contribution in [2.45, 2.75) is 37.8 Å². The van der Waals surface area contributed by atoms with E-state index < -0.39 is 23.5 Å². The Labute approximate surface area is 162 Å². The molecule has 28 heavy (non-hydrogen) atoms. The lowest BCUT2D eigenvalue weighted by Crippen LogP contribution is -2.43. The molecule has 0 radical (unpaired) electrons. The van der Waals surface area contributed by atoms with Gasteiger partial charge in [-0.05, 0) is 36.1 Å². The van der Waals surface area contributed by atoms with Gasteiger partial charge in [0.2, 0.25) is 0 Å². The van der Waals surface area contributed by atoms with Crippen LogP contribution in [0, 0.1) is 16.7 Å². The van der Waals surface area contributed by atoms with Crippen molar-refractivity contribution >= 4 is 6.09 Å². The summed E-state index contributed by atoms with van der Waals surface area (Å²) in [6.07, 6.45) is -0.156. The number of rotatable bonds is 3. The molecule has 1 amide bonds. The standard InChI is InChI=1S/C22H20F2N2O2/c23-22(24)15-21(22)10-11-26(20(27)28-14-17-4-2-1-3-5-17)19(12-21)18-8-6-16(13-25)7-9-18/h1-9,19H,10-12,14-15H2. The number of carbonyl (C=O) groups excluding carboxylic acids is 1. The van der Waals surface area contributed by atoms with E-state index in [1.54, 1.807) is 29.2 Å². The fourth-order valence-electron chi connectivity index (χ4n) is 4.04. The molecule has 1 saturated heterocycles. The van der Waals surface area contributed by atoms with Crippen LogP contribution in [0.1, 0.15) is 42.0 Å². The molecule has 1 aliphatic carbocycles. The van der Waals surface area contributed by atoms with Gasteiger partial charge in [-0.2, -0.15) is 5.26 Å². The Hall–Kier alpha value is -2.94. The molecule has 0 aromatic heterocycles. The molecule has 2 atom stereocenters. The normalized spacial score (nSPS) is 25.2. The van der Waals surface area contributed by atoms with Crippen LogP contribution in [0.2, 0.25) is 0 Å². The third-order valence-electron chi connectivity index (χ3n) is 5.87. The number of benzene rings is 2. The average Bonchev–Trinajstić information content (AvgIpc) is 3.25. The Bertz CT molecular complexity index is 908. The highest BCUT2D eigenvalue weighted by Gasteiger charge is 2.72. The van der Waals surface area contributed by atoms with Gasteiger partial charge in [0.25, 0.3) is 5.92 Å². The summed E-state index contributed by atoms with van der Waals surface area (Å²) in [7, 11) is 0. The third-order valence-corrected chi connectivity index (χ3v) is 5.87. The maximum absolute atomic E-state index is 14.0. The van der Waals surface area contributed by atoms with Gasteiger partial charge in [-0.1, -0.05) is 42.5 Å². The quantitative estimate of drug-likeness (QED) is 0.746. The van der Waals surface area contributed by atoms with E-state index in [1.165, 1.54) is 0 Å². The molecule has 1 spiro atoms. The molecular formula is C22H20F2N2O2. The molecule has 2 aromatic carbocycles. The second-order valence-electron chi connectivity index (χ2n) is 7.60. The minimum Gasteiger partial charge on any atom is -0.445 e.